The summed E-state index contributed by atoms with van der Waals surface area (Å²) in [5, 5.41) is 0. The number of rotatable bonds is 9. The van der Waals surface area contributed by atoms with Crippen molar-refractivity contribution in [3.8, 4) is 11.5 Å². The highest BCUT2D eigenvalue weighted by Crippen LogP contribution is 2.34. The van der Waals surface area contributed by atoms with E-state index in [1.807, 2.05) is 35.2 Å². The fraction of sp³-hybridized carbons (Fsp3) is 0.440. The first-order valence-electron chi connectivity index (χ1n) is 10.8. The molecule has 0 unspecified atom stereocenters. The molecule has 0 atom stereocenters. The Balaban J connectivity index is 1.97. The molecule has 160 valence electrons. The number of carbonyl (C=O) groups is 1. The summed E-state index contributed by atoms with van der Waals surface area (Å²) in [6, 6.07) is 12.2. The van der Waals surface area contributed by atoms with Gasteiger partial charge in [-0.15, -0.1) is 0 Å². The number of nitrogens with zero attached hydrogens (tertiary/aromatic N) is 2. The van der Waals surface area contributed by atoms with Crippen LogP contribution in [0, 0.1) is 0 Å². The monoisotopic (exact) mass is 408 g/mol. The van der Waals surface area contributed by atoms with E-state index in [1.54, 1.807) is 14.2 Å². The van der Waals surface area contributed by atoms with Gasteiger partial charge in [0.2, 0.25) is 5.91 Å². The van der Waals surface area contributed by atoms with Crippen molar-refractivity contribution in [1.29, 1.82) is 0 Å². The van der Waals surface area contributed by atoms with Crippen molar-refractivity contribution in [2.75, 3.05) is 33.9 Å². The lowest BCUT2D eigenvalue weighted by Crippen LogP contribution is -2.34. The minimum absolute atomic E-state index is 0.176. The Bertz CT molecular complexity index is 915. The Morgan fingerprint density at radius 3 is 2.33 bits per heavy atom. The minimum atomic E-state index is 0.176. The molecule has 5 heteroatoms. The number of amides is 1. The van der Waals surface area contributed by atoms with Crippen LogP contribution in [0.2, 0.25) is 0 Å². The number of fused-ring (bicyclic) bond motifs is 1. The predicted octanol–water partition coefficient (Wildman–Crippen LogP) is 4.29. The second-order valence-corrected chi connectivity index (χ2v) is 7.56. The molecule has 5 nitrogen and oxygen atoms in total. The predicted molar refractivity (Wildman–Crippen MR) is 121 cm³/mol. The van der Waals surface area contributed by atoms with Crippen molar-refractivity contribution < 1.29 is 14.3 Å². The van der Waals surface area contributed by atoms with E-state index in [4.69, 9.17) is 14.5 Å². The first-order valence-corrected chi connectivity index (χ1v) is 10.8. The Morgan fingerprint density at radius 2 is 1.67 bits per heavy atom. The zero-order chi connectivity index (χ0) is 21.5. The molecule has 0 spiro atoms. The lowest BCUT2D eigenvalue weighted by molar-refractivity contribution is -0.130. The SMILES string of the molecule is CCCN(CCC)C(=O)Cc1ccccc1C1=NCCc2cc(OC)c(OC)cc21. The molecule has 1 amide bonds. The van der Waals surface area contributed by atoms with Gasteiger partial charge in [0.1, 0.15) is 0 Å². The van der Waals surface area contributed by atoms with E-state index in [9.17, 15) is 4.79 Å². The van der Waals surface area contributed by atoms with Crippen LogP contribution in [-0.4, -0.2) is 50.4 Å². The molecule has 0 radical (unpaired) electrons. The fourth-order valence-electron chi connectivity index (χ4n) is 4.03. The van der Waals surface area contributed by atoms with Gasteiger partial charge in [0, 0.05) is 30.8 Å². The molecule has 0 fully saturated rings. The summed E-state index contributed by atoms with van der Waals surface area (Å²) < 4.78 is 11.0. The van der Waals surface area contributed by atoms with E-state index in [1.165, 1.54) is 5.56 Å². The number of benzene rings is 2. The molecule has 0 saturated carbocycles. The number of ether oxygens (including phenoxy) is 2. The Kier molecular flexibility index (Phi) is 7.50. The lowest BCUT2D eigenvalue weighted by Gasteiger charge is -2.24. The van der Waals surface area contributed by atoms with Gasteiger partial charge in [-0.25, -0.2) is 0 Å². The summed E-state index contributed by atoms with van der Waals surface area (Å²) in [7, 11) is 3.30. The van der Waals surface area contributed by atoms with E-state index < -0.39 is 0 Å². The van der Waals surface area contributed by atoms with Crippen molar-refractivity contribution in [2.24, 2.45) is 4.99 Å². The van der Waals surface area contributed by atoms with Crippen LogP contribution in [0.15, 0.2) is 41.4 Å². The molecule has 30 heavy (non-hydrogen) atoms. The standard InChI is InChI=1S/C25H32N2O3/c1-5-13-27(14-6-2)24(28)16-18-9-7-8-10-20(18)25-21-17-23(30-4)22(29-3)15-19(21)11-12-26-25/h7-10,15,17H,5-6,11-14,16H2,1-4H3. The topological polar surface area (TPSA) is 51.1 Å². The maximum Gasteiger partial charge on any atom is 0.227 e. The van der Waals surface area contributed by atoms with Gasteiger partial charge >= 0.3 is 0 Å². The average Bonchev–Trinajstić information content (AvgIpc) is 2.78. The van der Waals surface area contributed by atoms with E-state index >= 15 is 0 Å². The molecule has 0 bridgehead atoms. The highest BCUT2D eigenvalue weighted by Gasteiger charge is 2.23. The van der Waals surface area contributed by atoms with Gasteiger partial charge < -0.3 is 14.4 Å². The molecule has 1 aliphatic heterocycles. The van der Waals surface area contributed by atoms with Crippen LogP contribution in [0.1, 0.15) is 48.9 Å². The lowest BCUT2D eigenvalue weighted by atomic mass is 9.89. The summed E-state index contributed by atoms with van der Waals surface area (Å²) in [6.07, 6.45) is 3.18. The Hall–Kier alpha value is -2.82. The zero-order valence-electron chi connectivity index (χ0n) is 18.5. The first-order chi connectivity index (χ1) is 14.6. The van der Waals surface area contributed by atoms with Gasteiger partial charge in [-0.1, -0.05) is 38.1 Å². The number of aliphatic imine (C=N–C) groups is 1. The van der Waals surface area contributed by atoms with Crippen LogP contribution in [0.4, 0.5) is 0 Å². The van der Waals surface area contributed by atoms with Crippen LogP contribution in [-0.2, 0) is 17.6 Å². The van der Waals surface area contributed by atoms with Gasteiger partial charge in [-0.2, -0.15) is 0 Å². The minimum Gasteiger partial charge on any atom is -0.493 e. The number of hydrogen-bond donors (Lipinski definition) is 0. The van der Waals surface area contributed by atoms with Crippen molar-refractivity contribution in [1.82, 2.24) is 4.90 Å². The molecule has 1 heterocycles. The number of hydrogen-bond acceptors (Lipinski definition) is 4. The van der Waals surface area contributed by atoms with E-state index in [2.05, 4.69) is 19.9 Å². The highest BCUT2D eigenvalue weighted by molar-refractivity contribution is 6.15. The fourth-order valence-corrected chi connectivity index (χ4v) is 4.03. The zero-order valence-corrected chi connectivity index (χ0v) is 18.5. The largest absolute Gasteiger partial charge is 0.493 e. The van der Waals surface area contributed by atoms with Gasteiger partial charge in [0.15, 0.2) is 11.5 Å². The summed E-state index contributed by atoms with van der Waals surface area (Å²) in [4.78, 5) is 19.8. The summed E-state index contributed by atoms with van der Waals surface area (Å²) in [5.41, 5.74) is 5.21. The Labute approximate surface area is 179 Å². The normalized spacial score (nSPS) is 12.7. The second kappa shape index (κ2) is 10.3. The van der Waals surface area contributed by atoms with Crippen molar-refractivity contribution >= 4 is 11.6 Å². The van der Waals surface area contributed by atoms with Gasteiger partial charge in [0.05, 0.1) is 26.4 Å². The Morgan fingerprint density at radius 1 is 1.00 bits per heavy atom. The second-order valence-electron chi connectivity index (χ2n) is 7.56. The van der Waals surface area contributed by atoms with Crippen LogP contribution in [0.5, 0.6) is 11.5 Å². The molecule has 0 aromatic heterocycles. The van der Waals surface area contributed by atoms with E-state index in [-0.39, 0.29) is 5.91 Å². The van der Waals surface area contributed by atoms with Crippen LogP contribution in [0.3, 0.4) is 0 Å². The molecule has 0 saturated heterocycles. The first kappa shape index (κ1) is 21.9. The smallest absolute Gasteiger partial charge is 0.227 e. The third-order valence-electron chi connectivity index (χ3n) is 5.47. The van der Waals surface area contributed by atoms with Crippen LogP contribution >= 0.6 is 0 Å². The molecule has 2 aromatic rings. The molecule has 3 rings (SSSR count). The molecule has 1 aliphatic rings. The van der Waals surface area contributed by atoms with Crippen LogP contribution < -0.4 is 9.47 Å². The quantitative estimate of drug-likeness (QED) is 0.622. The van der Waals surface area contributed by atoms with Crippen LogP contribution in [0.25, 0.3) is 0 Å². The van der Waals surface area contributed by atoms with E-state index in [0.717, 1.165) is 67.0 Å². The third-order valence-corrected chi connectivity index (χ3v) is 5.47. The molecule has 0 N–H and O–H groups in total. The molecule has 2 aromatic carbocycles. The van der Waals surface area contributed by atoms with Gasteiger partial charge in [0.25, 0.3) is 0 Å². The van der Waals surface area contributed by atoms with Crippen molar-refractivity contribution in [2.45, 2.75) is 39.5 Å². The summed E-state index contributed by atoms with van der Waals surface area (Å²) in [6.45, 7) is 6.54. The maximum atomic E-state index is 13.0. The third kappa shape index (κ3) is 4.66. The maximum absolute atomic E-state index is 13.0. The van der Waals surface area contributed by atoms with E-state index in [0.29, 0.717) is 12.2 Å². The van der Waals surface area contributed by atoms with Crippen molar-refractivity contribution in [3.05, 3.63) is 58.7 Å². The molecular formula is C25H32N2O3. The number of carbonyl (C=O) groups excluding carboxylic acids is 1. The summed E-state index contributed by atoms with van der Waals surface area (Å²) >= 11 is 0. The van der Waals surface area contributed by atoms with Crippen molar-refractivity contribution in [3.63, 3.8) is 0 Å². The molecular weight excluding hydrogens is 376 g/mol. The average molecular weight is 409 g/mol. The highest BCUT2D eigenvalue weighted by atomic mass is 16.5. The van der Waals surface area contributed by atoms with Gasteiger partial charge in [-0.3, -0.25) is 9.79 Å². The summed E-state index contributed by atoms with van der Waals surface area (Å²) in [5.74, 6) is 1.60. The molecule has 0 aliphatic carbocycles. The number of methoxy groups -OCH3 is 2. The van der Waals surface area contributed by atoms with Gasteiger partial charge in [-0.05, 0) is 42.5 Å².